The normalized spacial score (nSPS) is 19.4. The molecule has 0 aromatic heterocycles. The fourth-order valence-corrected chi connectivity index (χ4v) is 7.36. The summed E-state index contributed by atoms with van der Waals surface area (Å²) in [6.45, 7) is 42.6. The van der Waals surface area contributed by atoms with Crippen LogP contribution in [0.4, 0.5) is 0 Å². The van der Waals surface area contributed by atoms with Gasteiger partial charge in [-0.1, -0.05) is 87.4 Å². The van der Waals surface area contributed by atoms with E-state index in [1.165, 1.54) is 11.1 Å². The van der Waals surface area contributed by atoms with E-state index in [0.717, 1.165) is 17.3 Å². The molecule has 2 aromatic carbocycles. The highest BCUT2D eigenvalue weighted by Gasteiger charge is 2.54. The lowest BCUT2D eigenvalue weighted by Gasteiger charge is -2.33. The molecule has 2 fully saturated rings. The summed E-state index contributed by atoms with van der Waals surface area (Å²) in [6, 6.07) is 11.6. The highest BCUT2D eigenvalue weighted by molar-refractivity contribution is 9.10. The highest BCUT2D eigenvalue weighted by Crippen LogP contribution is 2.41. The molecule has 2 saturated heterocycles. The van der Waals surface area contributed by atoms with Crippen molar-refractivity contribution in [2.24, 2.45) is 10.8 Å². The minimum absolute atomic E-state index is 0.00431. The van der Waals surface area contributed by atoms with E-state index in [2.05, 4.69) is 85.2 Å². The van der Waals surface area contributed by atoms with Crippen LogP contribution in [0, 0.1) is 10.8 Å². The molecule has 2 aliphatic heterocycles. The first-order valence-electron chi connectivity index (χ1n) is 19.2. The molecular weight excluding hydrogens is 730 g/mol. The molecule has 2 heterocycles. The maximum Gasteiger partial charge on any atom is 0.640 e. The van der Waals surface area contributed by atoms with Gasteiger partial charge in [0, 0.05) is 11.6 Å². The molecule has 10 heteroatoms. The Hall–Kier alpha value is -1.55. The molecule has 0 spiro atoms. The molecular formula is C43H73B2BrO7. The fraction of sp³-hybridized carbons (Fsp3) is 0.721. The minimum atomic E-state index is -0.541. The average molecular weight is 804 g/mol. The van der Waals surface area contributed by atoms with E-state index >= 15 is 0 Å². The monoisotopic (exact) mass is 802 g/mol. The van der Waals surface area contributed by atoms with Gasteiger partial charge in [0.25, 0.3) is 0 Å². The first kappa shape index (κ1) is 47.6. The number of hydrogen-bond acceptors (Lipinski definition) is 7. The molecule has 0 bridgehead atoms. The van der Waals surface area contributed by atoms with Crippen molar-refractivity contribution in [3.63, 3.8) is 0 Å². The van der Waals surface area contributed by atoms with Crippen LogP contribution in [0.5, 0.6) is 11.5 Å². The van der Waals surface area contributed by atoms with Crippen LogP contribution < -0.4 is 5.46 Å². The zero-order chi connectivity index (χ0) is 41.4. The van der Waals surface area contributed by atoms with Crippen molar-refractivity contribution >= 4 is 35.8 Å². The van der Waals surface area contributed by atoms with Gasteiger partial charge in [0.1, 0.15) is 11.5 Å². The number of benzene rings is 2. The number of phenolic OH excluding ortho intramolecular Hbond substituents is 2. The zero-order valence-electron chi connectivity index (χ0n) is 36.9. The Kier molecular flexibility index (Phi) is 14.8. The van der Waals surface area contributed by atoms with Gasteiger partial charge in [-0.3, -0.25) is 0 Å². The van der Waals surface area contributed by atoms with Crippen molar-refractivity contribution in [3.8, 4) is 11.5 Å². The molecule has 53 heavy (non-hydrogen) atoms. The smallest absolute Gasteiger partial charge is 0.508 e. The van der Waals surface area contributed by atoms with Crippen LogP contribution in [0.1, 0.15) is 162 Å². The van der Waals surface area contributed by atoms with Crippen LogP contribution >= 0.6 is 15.9 Å². The first-order valence-corrected chi connectivity index (χ1v) is 20.0. The molecule has 0 aliphatic carbocycles. The van der Waals surface area contributed by atoms with E-state index in [1.54, 1.807) is 12.1 Å². The minimum Gasteiger partial charge on any atom is -0.508 e. The fourth-order valence-electron chi connectivity index (χ4n) is 6.98. The van der Waals surface area contributed by atoms with Gasteiger partial charge < -0.3 is 33.5 Å². The Bertz CT molecular complexity index is 1490. The zero-order valence-corrected chi connectivity index (χ0v) is 38.5. The lowest BCUT2D eigenvalue weighted by molar-refractivity contribution is 0.00578. The third kappa shape index (κ3) is 13.3. The van der Waals surface area contributed by atoms with Crippen molar-refractivity contribution in [2.75, 3.05) is 0 Å². The van der Waals surface area contributed by atoms with Gasteiger partial charge in [0.2, 0.25) is 0 Å². The molecule has 2 aromatic rings. The predicted molar refractivity (Wildman–Crippen MR) is 226 cm³/mol. The first-order chi connectivity index (χ1) is 23.5. The third-order valence-electron chi connectivity index (χ3n) is 10.6. The number of phenols is 2. The SMILES string of the molecule is CC(C)(C)CC(C)(C)c1ccc(O)c(B2OC(C)(C)C(C)(C)O2)c1.CC(C)(C)CC(C)(C)c1ccc(O)c(Br)c1.CC(C)OB1OC(C)(C)C(C)(C)O1. The molecule has 300 valence electrons. The summed E-state index contributed by atoms with van der Waals surface area (Å²) >= 11 is 3.37. The average Bonchev–Trinajstić information content (AvgIpc) is 3.26. The van der Waals surface area contributed by atoms with Gasteiger partial charge in [0.05, 0.1) is 26.9 Å². The van der Waals surface area contributed by atoms with E-state index in [1.807, 2.05) is 93.5 Å². The molecule has 0 atom stereocenters. The molecule has 2 aliphatic rings. The standard InChI is InChI=1S/C20H33BO3.C14H21BrO.C9H19BO3/c1-17(2,3)13-18(4,5)14-10-11-16(22)15(12-14)21-23-19(6,7)20(8,9)24-21;1-13(2,3)9-14(4,5)10-6-7-12(16)11(15)8-10;1-7(2)11-10-12-8(3,4)9(5,6)13-10/h10-12,22H,13H2,1-9H3;6-8,16H,9H2,1-5H3;7H,1-6H3. The summed E-state index contributed by atoms with van der Waals surface area (Å²) in [5, 5.41) is 19.9. The van der Waals surface area contributed by atoms with Gasteiger partial charge in [-0.2, -0.15) is 0 Å². The van der Waals surface area contributed by atoms with Gasteiger partial charge >= 0.3 is 14.4 Å². The molecule has 0 unspecified atom stereocenters. The van der Waals surface area contributed by atoms with E-state index in [0.29, 0.717) is 16.6 Å². The highest BCUT2D eigenvalue weighted by atomic mass is 79.9. The molecule has 2 N–H and O–H groups in total. The predicted octanol–water partition coefficient (Wildman–Crippen LogP) is 11.3. The van der Waals surface area contributed by atoms with Gasteiger partial charge in [0.15, 0.2) is 0 Å². The number of halogens is 1. The van der Waals surface area contributed by atoms with Crippen molar-refractivity contribution in [1.29, 1.82) is 0 Å². The van der Waals surface area contributed by atoms with Crippen LogP contribution in [-0.2, 0) is 34.1 Å². The van der Waals surface area contributed by atoms with Crippen LogP contribution in [-0.4, -0.2) is 53.2 Å². The lowest BCUT2D eigenvalue weighted by atomic mass is 9.69. The van der Waals surface area contributed by atoms with Crippen LogP contribution in [0.3, 0.4) is 0 Å². The second kappa shape index (κ2) is 16.5. The second-order valence-corrected chi connectivity index (χ2v) is 21.9. The number of rotatable bonds is 7. The Morgan fingerprint density at radius 2 is 0.962 bits per heavy atom. The van der Waals surface area contributed by atoms with Gasteiger partial charge in [-0.15, -0.1) is 0 Å². The summed E-state index contributed by atoms with van der Waals surface area (Å²) in [5.74, 6) is 0.527. The summed E-state index contributed by atoms with van der Waals surface area (Å²) in [5.41, 5.74) is 2.39. The Labute approximate surface area is 333 Å². The van der Waals surface area contributed by atoms with E-state index < -0.39 is 25.6 Å². The maximum absolute atomic E-state index is 10.4. The summed E-state index contributed by atoms with van der Waals surface area (Å²) < 4.78 is 29.7. The van der Waals surface area contributed by atoms with E-state index in [-0.39, 0.29) is 39.3 Å². The van der Waals surface area contributed by atoms with Crippen molar-refractivity contribution in [1.82, 2.24) is 0 Å². The Morgan fingerprint density at radius 1 is 0.604 bits per heavy atom. The summed E-state index contributed by atoms with van der Waals surface area (Å²) in [7, 11) is -1.06. The summed E-state index contributed by atoms with van der Waals surface area (Å²) in [6.07, 6.45) is 2.28. The Balaban J connectivity index is 0.000000292. The van der Waals surface area contributed by atoms with Crippen LogP contribution in [0.2, 0.25) is 0 Å². The maximum atomic E-state index is 10.4. The molecule has 0 saturated carbocycles. The van der Waals surface area contributed by atoms with E-state index in [9.17, 15) is 10.2 Å². The number of hydrogen-bond donors (Lipinski definition) is 2. The molecule has 0 amide bonds. The Morgan fingerprint density at radius 3 is 1.32 bits per heavy atom. The molecule has 0 radical (unpaired) electrons. The van der Waals surface area contributed by atoms with Crippen LogP contribution in [0.25, 0.3) is 0 Å². The molecule has 4 rings (SSSR count). The molecule has 7 nitrogen and oxygen atoms in total. The van der Waals surface area contributed by atoms with Crippen LogP contribution in [0.15, 0.2) is 40.9 Å². The second-order valence-electron chi connectivity index (χ2n) is 21.0. The largest absolute Gasteiger partial charge is 0.640 e. The summed E-state index contributed by atoms with van der Waals surface area (Å²) in [4.78, 5) is 0. The lowest BCUT2D eigenvalue weighted by Crippen LogP contribution is -2.41. The topological polar surface area (TPSA) is 86.6 Å². The van der Waals surface area contributed by atoms with E-state index in [4.69, 9.17) is 23.3 Å². The van der Waals surface area contributed by atoms with Crippen molar-refractivity contribution < 1.29 is 33.5 Å². The van der Waals surface area contributed by atoms with Gasteiger partial charge in [-0.25, -0.2) is 0 Å². The number of aromatic hydroxyl groups is 2. The van der Waals surface area contributed by atoms with Gasteiger partial charge in [-0.05, 0) is 149 Å². The third-order valence-corrected chi connectivity index (χ3v) is 11.2. The van der Waals surface area contributed by atoms with Crippen molar-refractivity contribution in [3.05, 3.63) is 52.0 Å². The quantitative estimate of drug-likeness (QED) is 0.270. The van der Waals surface area contributed by atoms with Crippen molar-refractivity contribution in [2.45, 2.75) is 191 Å².